The van der Waals surface area contributed by atoms with Crippen molar-refractivity contribution >= 4 is 5.91 Å². The summed E-state index contributed by atoms with van der Waals surface area (Å²) in [6, 6.07) is 1.25. The van der Waals surface area contributed by atoms with Gasteiger partial charge in [-0.3, -0.25) is 4.79 Å². The van der Waals surface area contributed by atoms with Gasteiger partial charge in [-0.2, -0.15) is 4.39 Å². The van der Waals surface area contributed by atoms with Crippen LogP contribution >= 0.6 is 0 Å². The van der Waals surface area contributed by atoms with Gasteiger partial charge >= 0.3 is 0 Å². The first-order valence-electron chi connectivity index (χ1n) is 7.21. The molecule has 3 rings (SSSR count). The van der Waals surface area contributed by atoms with Crippen LogP contribution in [0.15, 0.2) is 12.3 Å². The minimum Gasteiger partial charge on any atom is -0.339 e. The maximum atomic E-state index is 13.6. The number of amides is 1. The number of nitrogens with zero attached hydrogens (tertiary/aromatic N) is 2. The van der Waals surface area contributed by atoms with Crippen LogP contribution in [0.1, 0.15) is 48.9 Å². The molecule has 2 heterocycles. The highest BCUT2D eigenvalue weighted by atomic mass is 19.2. The Morgan fingerprint density at radius 1 is 1.15 bits per heavy atom. The zero-order valence-electron chi connectivity index (χ0n) is 11.4. The molecule has 0 N–H and O–H groups in total. The maximum Gasteiger partial charge on any atom is 0.257 e. The van der Waals surface area contributed by atoms with Crippen molar-refractivity contribution in [2.24, 2.45) is 5.41 Å². The van der Waals surface area contributed by atoms with Crippen molar-refractivity contribution in [3.8, 4) is 0 Å². The normalized spacial score (nSPS) is 21.4. The van der Waals surface area contributed by atoms with Crippen LogP contribution in [0.2, 0.25) is 0 Å². The summed E-state index contributed by atoms with van der Waals surface area (Å²) in [7, 11) is 0. The van der Waals surface area contributed by atoms with Crippen LogP contribution in [0.25, 0.3) is 0 Å². The van der Waals surface area contributed by atoms with Gasteiger partial charge in [0, 0.05) is 19.3 Å². The van der Waals surface area contributed by atoms with E-state index in [0.29, 0.717) is 18.5 Å². The lowest BCUT2D eigenvalue weighted by atomic mass is 9.77. The minimum atomic E-state index is -1.21. The van der Waals surface area contributed by atoms with E-state index in [1.807, 2.05) is 0 Å². The van der Waals surface area contributed by atoms with E-state index < -0.39 is 17.7 Å². The molecule has 0 radical (unpaired) electrons. The Morgan fingerprint density at radius 2 is 1.80 bits per heavy atom. The van der Waals surface area contributed by atoms with Crippen molar-refractivity contribution < 1.29 is 13.6 Å². The first-order valence-corrected chi connectivity index (χ1v) is 7.21. The second-order valence-electron chi connectivity index (χ2n) is 5.96. The van der Waals surface area contributed by atoms with E-state index in [9.17, 15) is 13.6 Å². The van der Waals surface area contributed by atoms with Crippen molar-refractivity contribution in [2.75, 3.05) is 13.1 Å². The first kappa shape index (κ1) is 13.5. The number of pyridine rings is 1. The van der Waals surface area contributed by atoms with Crippen LogP contribution < -0.4 is 0 Å². The van der Waals surface area contributed by atoms with Crippen LogP contribution in [0.5, 0.6) is 0 Å². The van der Waals surface area contributed by atoms with Crippen molar-refractivity contribution in [2.45, 2.75) is 38.5 Å². The van der Waals surface area contributed by atoms with Crippen LogP contribution in [0.4, 0.5) is 8.78 Å². The summed E-state index contributed by atoms with van der Waals surface area (Å²) in [5, 5.41) is 0. The monoisotopic (exact) mass is 280 g/mol. The van der Waals surface area contributed by atoms with Gasteiger partial charge < -0.3 is 4.90 Å². The second-order valence-corrected chi connectivity index (χ2v) is 5.96. The molecule has 2 aliphatic rings. The molecule has 0 atom stereocenters. The molecule has 1 amide bonds. The molecule has 0 unspecified atom stereocenters. The quantitative estimate of drug-likeness (QED) is 0.740. The standard InChI is InChI=1S/C15H18F2N2O/c16-12-11(3-8-18-13(12)17)14(20)19-9-6-15(7-10-19)4-1-2-5-15/h3,8H,1-2,4-7,9-10H2. The molecule has 2 fully saturated rings. The molecule has 1 aliphatic carbocycles. The number of likely N-dealkylation sites (tertiary alicyclic amines) is 1. The molecule has 1 aromatic rings. The number of piperidine rings is 1. The molecule has 0 bridgehead atoms. The number of aromatic nitrogens is 1. The molecule has 1 saturated carbocycles. The fraction of sp³-hybridized carbons (Fsp3) is 0.600. The zero-order valence-corrected chi connectivity index (χ0v) is 11.4. The summed E-state index contributed by atoms with van der Waals surface area (Å²) in [6.45, 7) is 1.28. The Labute approximate surface area is 117 Å². The van der Waals surface area contributed by atoms with Gasteiger partial charge in [-0.25, -0.2) is 9.37 Å². The number of halogens is 2. The smallest absolute Gasteiger partial charge is 0.257 e. The van der Waals surface area contributed by atoms with Crippen molar-refractivity contribution in [1.82, 2.24) is 9.88 Å². The molecule has 1 aliphatic heterocycles. The van der Waals surface area contributed by atoms with E-state index in [-0.39, 0.29) is 5.56 Å². The summed E-state index contributed by atoms with van der Waals surface area (Å²) in [6.07, 6.45) is 8.13. The van der Waals surface area contributed by atoms with Gasteiger partial charge in [0.2, 0.25) is 5.95 Å². The van der Waals surface area contributed by atoms with Crippen LogP contribution in [-0.2, 0) is 0 Å². The number of carbonyl (C=O) groups is 1. The summed E-state index contributed by atoms with van der Waals surface area (Å²) in [4.78, 5) is 17.1. The van der Waals surface area contributed by atoms with E-state index in [0.717, 1.165) is 19.0 Å². The van der Waals surface area contributed by atoms with Gasteiger partial charge in [0.15, 0.2) is 5.82 Å². The highest BCUT2D eigenvalue weighted by Gasteiger charge is 2.38. The van der Waals surface area contributed by atoms with Gasteiger partial charge in [0.25, 0.3) is 5.91 Å². The fourth-order valence-electron chi connectivity index (χ4n) is 3.56. The highest BCUT2D eigenvalue weighted by Crippen LogP contribution is 2.46. The lowest BCUT2D eigenvalue weighted by molar-refractivity contribution is 0.0581. The van der Waals surface area contributed by atoms with Gasteiger partial charge in [-0.05, 0) is 37.2 Å². The van der Waals surface area contributed by atoms with E-state index in [4.69, 9.17) is 0 Å². The summed E-state index contributed by atoms with van der Waals surface area (Å²) in [5.41, 5.74) is 0.193. The van der Waals surface area contributed by atoms with Crippen LogP contribution in [-0.4, -0.2) is 28.9 Å². The van der Waals surface area contributed by atoms with Gasteiger partial charge in [-0.15, -0.1) is 0 Å². The predicted octanol–water partition coefficient (Wildman–Crippen LogP) is 3.16. The second kappa shape index (κ2) is 5.11. The summed E-state index contributed by atoms with van der Waals surface area (Å²) < 4.78 is 26.7. The Kier molecular flexibility index (Phi) is 3.44. The maximum absolute atomic E-state index is 13.6. The number of hydrogen-bond donors (Lipinski definition) is 0. The number of rotatable bonds is 1. The molecule has 1 aromatic heterocycles. The minimum absolute atomic E-state index is 0.208. The highest BCUT2D eigenvalue weighted by molar-refractivity contribution is 5.94. The Bertz CT molecular complexity index is 517. The summed E-state index contributed by atoms with van der Waals surface area (Å²) >= 11 is 0. The first-order chi connectivity index (χ1) is 9.61. The molecule has 5 heteroatoms. The predicted molar refractivity (Wildman–Crippen MR) is 70.2 cm³/mol. The number of hydrogen-bond acceptors (Lipinski definition) is 2. The van der Waals surface area contributed by atoms with E-state index in [2.05, 4.69) is 4.98 Å². The Hall–Kier alpha value is -1.52. The molecule has 1 spiro atoms. The van der Waals surface area contributed by atoms with Crippen LogP contribution in [0.3, 0.4) is 0 Å². The largest absolute Gasteiger partial charge is 0.339 e. The van der Waals surface area contributed by atoms with Gasteiger partial charge in [-0.1, -0.05) is 12.8 Å². The van der Waals surface area contributed by atoms with E-state index in [1.54, 1.807) is 4.90 Å². The molecule has 20 heavy (non-hydrogen) atoms. The summed E-state index contributed by atoms with van der Waals surface area (Å²) in [5.74, 6) is -2.77. The average Bonchev–Trinajstić information content (AvgIpc) is 2.90. The molecule has 108 valence electrons. The fourth-order valence-corrected chi connectivity index (χ4v) is 3.56. The number of carbonyl (C=O) groups excluding carboxylic acids is 1. The van der Waals surface area contributed by atoms with Gasteiger partial charge in [0.05, 0.1) is 5.56 Å². The SMILES string of the molecule is O=C(c1ccnc(F)c1F)N1CCC2(CCCC2)CC1. The van der Waals surface area contributed by atoms with Crippen molar-refractivity contribution in [3.63, 3.8) is 0 Å². The van der Waals surface area contributed by atoms with Crippen molar-refractivity contribution in [3.05, 3.63) is 29.6 Å². The molecule has 0 aromatic carbocycles. The van der Waals surface area contributed by atoms with Gasteiger partial charge in [0.1, 0.15) is 0 Å². The molecular weight excluding hydrogens is 262 g/mol. The molecule has 3 nitrogen and oxygen atoms in total. The lowest BCUT2D eigenvalue weighted by Gasteiger charge is -2.39. The Balaban J connectivity index is 1.71. The lowest BCUT2D eigenvalue weighted by Crippen LogP contribution is -2.42. The third kappa shape index (κ3) is 2.30. The average molecular weight is 280 g/mol. The van der Waals surface area contributed by atoms with E-state index in [1.165, 1.54) is 31.7 Å². The molecule has 1 saturated heterocycles. The van der Waals surface area contributed by atoms with Crippen LogP contribution in [0, 0.1) is 17.2 Å². The topological polar surface area (TPSA) is 33.2 Å². The molecular formula is C15H18F2N2O. The zero-order chi connectivity index (χ0) is 14.2. The van der Waals surface area contributed by atoms with Crippen molar-refractivity contribution in [1.29, 1.82) is 0 Å². The third-order valence-electron chi connectivity index (χ3n) is 4.85. The third-order valence-corrected chi connectivity index (χ3v) is 4.85. The van der Waals surface area contributed by atoms with E-state index >= 15 is 0 Å². The Morgan fingerprint density at radius 3 is 2.45 bits per heavy atom.